The lowest BCUT2D eigenvalue weighted by atomic mass is 10.0. The van der Waals surface area contributed by atoms with Crippen molar-refractivity contribution in [3.8, 4) is 0 Å². The summed E-state index contributed by atoms with van der Waals surface area (Å²) in [7, 11) is 1.35. The molecule has 7 heteroatoms. The minimum atomic E-state index is -0.441. The van der Waals surface area contributed by atoms with E-state index in [-0.39, 0.29) is 5.91 Å². The maximum Gasteiger partial charge on any atom is 0.341 e. The predicted octanol–water partition coefficient (Wildman–Crippen LogP) is 3.64. The summed E-state index contributed by atoms with van der Waals surface area (Å²) in [5.41, 5.74) is 5.39. The van der Waals surface area contributed by atoms with Gasteiger partial charge in [-0.25, -0.2) is 9.31 Å². The molecule has 1 aliphatic heterocycles. The molecule has 0 unspecified atom stereocenters. The van der Waals surface area contributed by atoms with Gasteiger partial charge in [0.2, 0.25) is 0 Å². The predicted molar refractivity (Wildman–Crippen MR) is 106 cm³/mol. The molecule has 0 bridgehead atoms. The fourth-order valence-electron chi connectivity index (χ4n) is 4.03. The van der Waals surface area contributed by atoms with E-state index in [0.717, 1.165) is 27.6 Å². The first-order valence-electron chi connectivity index (χ1n) is 9.33. The van der Waals surface area contributed by atoms with Crippen LogP contribution in [0.2, 0.25) is 0 Å². The molecule has 0 saturated carbocycles. The van der Waals surface area contributed by atoms with E-state index in [2.05, 4.69) is 5.10 Å². The molecule has 0 radical (unpaired) electrons. The summed E-state index contributed by atoms with van der Waals surface area (Å²) in [4.78, 5) is 26.9. The van der Waals surface area contributed by atoms with Crippen LogP contribution in [-0.2, 0) is 17.8 Å². The molecule has 7 nitrogen and oxygen atoms in total. The molecule has 3 aromatic heterocycles. The highest BCUT2D eigenvalue weighted by atomic mass is 16.5. The molecule has 5 rings (SSSR count). The maximum absolute atomic E-state index is 13.0. The van der Waals surface area contributed by atoms with Crippen LogP contribution in [0.5, 0.6) is 0 Å². The number of carbonyl (C=O) groups is 2. The Morgan fingerprint density at radius 2 is 2.14 bits per heavy atom. The van der Waals surface area contributed by atoms with Crippen molar-refractivity contribution in [2.45, 2.75) is 26.9 Å². The SMILES string of the molecule is COC(=O)c1cc(C)c(C)c2cc(CN3Cc4cccn5ncc(c45)C3=O)oc12. The van der Waals surface area contributed by atoms with Crippen molar-refractivity contribution < 1.29 is 18.7 Å². The third-order valence-electron chi connectivity index (χ3n) is 5.64. The summed E-state index contributed by atoms with van der Waals surface area (Å²) in [5, 5.41) is 5.13. The number of carbonyl (C=O) groups excluding carboxylic acids is 2. The van der Waals surface area contributed by atoms with Gasteiger partial charge in [0, 0.05) is 18.1 Å². The highest BCUT2D eigenvalue weighted by Crippen LogP contribution is 2.32. The zero-order valence-corrected chi connectivity index (χ0v) is 16.4. The number of rotatable bonds is 3. The van der Waals surface area contributed by atoms with Crippen LogP contribution in [0, 0.1) is 13.8 Å². The van der Waals surface area contributed by atoms with E-state index in [1.165, 1.54) is 7.11 Å². The van der Waals surface area contributed by atoms with Crippen molar-refractivity contribution in [3.05, 3.63) is 70.2 Å². The highest BCUT2D eigenvalue weighted by Gasteiger charge is 2.29. The van der Waals surface area contributed by atoms with Gasteiger partial charge in [0.05, 0.1) is 30.9 Å². The topological polar surface area (TPSA) is 77.1 Å². The first kappa shape index (κ1) is 17.5. The van der Waals surface area contributed by atoms with Crippen molar-refractivity contribution in [1.29, 1.82) is 0 Å². The Morgan fingerprint density at radius 3 is 2.93 bits per heavy atom. The van der Waals surface area contributed by atoms with Crippen LogP contribution in [0.1, 0.15) is 43.2 Å². The van der Waals surface area contributed by atoms with Crippen molar-refractivity contribution in [2.24, 2.45) is 0 Å². The molecule has 0 saturated heterocycles. The number of fused-ring (bicyclic) bond motifs is 1. The number of furan rings is 1. The molecule has 4 heterocycles. The highest BCUT2D eigenvalue weighted by molar-refractivity contribution is 6.04. The molecule has 0 spiro atoms. The molecular formula is C22H19N3O4. The largest absolute Gasteiger partial charge is 0.465 e. The summed E-state index contributed by atoms with van der Waals surface area (Å²) >= 11 is 0. The van der Waals surface area contributed by atoms with E-state index in [1.54, 1.807) is 21.7 Å². The molecule has 4 aromatic rings. The van der Waals surface area contributed by atoms with Crippen LogP contribution in [0.4, 0.5) is 0 Å². The Morgan fingerprint density at radius 1 is 1.31 bits per heavy atom. The number of ether oxygens (including phenoxy) is 1. The summed E-state index contributed by atoms with van der Waals surface area (Å²) in [6.07, 6.45) is 3.44. The number of aromatic nitrogens is 2. The Balaban J connectivity index is 1.55. The van der Waals surface area contributed by atoms with Gasteiger partial charge in [0.25, 0.3) is 5.91 Å². The molecule has 0 N–H and O–H groups in total. The van der Waals surface area contributed by atoms with E-state index < -0.39 is 5.97 Å². The number of methoxy groups -OCH3 is 1. The van der Waals surface area contributed by atoms with Crippen LogP contribution >= 0.6 is 0 Å². The standard InChI is InChI=1S/C22H19N3O4/c1-12-7-17(22(27)28-3)20-16(13(12)2)8-15(29-20)11-24-10-14-5-4-6-25-19(14)18(9-23-25)21(24)26/h4-9H,10-11H2,1-3H3. The van der Waals surface area contributed by atoms with Gasteiger partial charge < -0.3 is 14.1 Å². The number of amides is 1. The smallest absolute Gasteiger partial charge is 0.341 e. The summed E-state index contributed by atoms with van der Waals surface area (Å²) in [5.74, 6) is 0.0968. The first-order chi connectivity index (χ1) is 14.0. The first-order valence-corrected chi connectivity index (χ1v) is 9.33. The van der Waals surface area contributed by atoms with Gasteiger partial charge in [-0.1, -0.05) is 6.07 Å². The van der Waals surface area contributed by atoms with Crippen LogP contribution in [0.25, 0.3) is 16.5 Å². The number of aryl methyl sites for hydroxylation is 2. The third-order valence-corrected chi connectivity index (χ3v) is 5.64. The molecular weight excluding hydrogens is 370 g/mol. The number of hydrogen-bond donors (Lipinski definition) is 0. The number of pyridine rings is 1. The third kappa shape index (κ3) is 2.54. The van der Waals surface area contributed by atoms with Crippen LogP contribution in [-0.4, -0.2) is 33.5 Å². The van der Waals surface area contributed by atoms with Gasteiger partial charge in [0.1, 0.15) is 16.9 Å². The van der Waals surface area contributed by atoms with Gasteiger partial charge in [-0.15, -0.1) is 0 Å². The van der Waals surface area contributed by atoms with Gasteiger partial charge in [0.15, 0.2) is 0 Å². The normalized spacial score (nSPS) is 13.5. The second kappa shape index (κ2) is 6.20. The van der Waals surface area contributed by atoms with Gasteiger partial charge >= 0.3 is 5.97 Å². The Bertz CT molecular complexity index is 1310. The lowest BCUT2D eigenvalue weighted by molar-refractivity contribution is 0.0600. The minimum absolute atomic E-state index is 0.0831. The van der Waals surface area contributed by atoms with Crippen molar-refractivity contribution in [1.82, 2.24) is 14.5 Å². The lowest BCUT2D eigenvalue weighted by Crippen LogP contribution is -2.33. The molecule has 0 fully saturated rings. The molecule has 146 valence electrons. The Kier molecular flexibility index (Phi) is 3.74. The monoisotopic (exact) mass is 389 g/mol. The fraction of sp³-hybridized carbons (Fsp3) is 0.227. The summed E-state index contributed by atoms with van der Waals surface area (Å²) in [6.45, 7) is 4.72. The van der Waals surface area contributed by atoms with Gasteiger partial charge in [-0.2, -0.15) is 5.10 Å². The van der Waals surface area contributed by atoms with Crippen LogP contribution in [0.15, 0.2) is 41.1 Å². The number of esters is 1. The Hall–Kier alpha value is -3.61. The molecule has 1 aliphatic rings. The minimum Gasteiger partial charge on any atom is -0.465 e. The molecule has 1 amide bonds. The molecule has 1 aromatic carbocycles. The second-order valence-corrected chi connectivity index (χ2v) is 7.36. The average molecular weight is 389 g/mol. The van der Waals surface area contributed by atoms with Crippen LogP contribution in [0.3, 0.4) is 0 Å². The zero-order valence-electron chi connectivity index (χ0n) is 16.4. The van der Waals surface area contributed by atoms with E-state index in [9.17, 15) is 9.59 Å². The summed E-state index contributed by atoms with van der Waals surface area (Å²) in [6, 6.07) is 7.61. The van der Waals surface area contributed by atoms with E-state index >= 15 is 0 Å². The van der Waals surface area contributed by atoms with Crippen molar-refractivity contribution in [2.75, 3.05) is 7.11 Å². The number of nitrogens with zero attached hydrogens (tertiary/aromatic N) is 3. The van der Waals surface area contributed by atoms with Crippen LogP contribution < -0.4 is 0 Å². The van der Waals surface area contributed by atoms with Gasteiger partial charge in [-0.3, -0.25) is 4.79 Å². The van der Waals surface area contributed by atoms with Gasteiger partial charge in [-0.05, 0) is 48.7 Å². The fourth-order valence-corrected chi connectivity index (χ4v) is 4.03. The molecule has 0 atom stereocenters. The summed E-state index contributed by atoms with van der Waals surface area (Å²) < 4.78 is 12.7. The number of hydrogen-bond acceptors (Lipinski definition) is 5. The second-order valence-electron chi connectivity index (χ2n) is 7.36. The van der Waals surface area contributed by atoms with E-state index in [0.29, 0.717) is 35.6 Å². The van der Waals surface area contributed by atoms with E-state index in [4.69, 9.17) is 9.15 Å². The van der Waals surface area contributed by atoms with E-state index in [1.807, 2.05) is 38.2 Å². The molecule has 0 aliphatic carbocycles. The van der Waals surface area contributed by atoms with Crippen molar-refractivity contribution >= 4 is 28.4 Å². The maximum atomic E-state index is 13.0. The number of benzene rings is 1. The molecule has 29 heavy (non-hydrogen) atoms. The quantitative estimate of drug-likeness (QED) is 0.500. The van der Waals surface area contributed by atoms with Crippen molar-refractivity contribution in [3.63, 3.8) is 0 Å². The zero-order chi connectivity index (χ0) is 20.3. The lowest BCUT2D eigenvalue weighted by Gasteiger charge is -2.25. The average Bonchev–Trinajstić information content (AvgIpc) is 3.34. The Labute approximate surface area is 166 Å².